The zero-order valence-electron chi connectivity index (χ0n) is 13.2. The van der Waals surface area contributed by atoms with Gasteiger partial charge in [-0.15, -0.1) is 0 Å². The van der Waals surface area contributed by atoms with E-state index in [1.165, 1.54) is 12.3 Å². The molecule has 118 valence electrons. The van der Waals surface area contributed by atoms with Crippen LogP contribution in [0.15, 0.2) is 29.2 Å². The van der Waals surface area contributed by atoms with Crippen LogP contribution in [0.4, 0.5) is 0 Å². The van der Waals surface area contributed by atoms with E-state index in [1.54, 1.807) is 12.1 Å². The molecule has 4 aliphatic rings. The Hall–Kier alpha value is -1.00. The highest BCUT2D eigenvalue weighted by atomic mass is 32.2. The average Bonchev–Trinajstić information content (AvgIpc) is 2.48. The molecule has 0 spiro atoms. The minimum atomic E-state index is -3.67. The Morgan fingerprint density at radius 1 is 1.09 bits per heavy atom. The third kappa shape index (κ3) is 2.28. The molecule has 4 saturated carbocycles. The summed E-state index contributed by atoms with van der Waals surface area (Å²) in [7, 11) is -3.67. The van der Waals surface area contributed by atoms with E-state index in [9.17, 15) is 8.42 Å². The van der Waals surface area contributed by atoms with Gasteiger partial charge in [0.2, 0.25) is 6.10 Å². The molecule has 1 aromatic rings. The molecule has 0 N–H and O–H groups in total. The van der Waals surface area contributed by atoms with Gasteiger partial charge in [-0.3, -0.25) is 0 Å². The monoisotopic (exact) mass is 319 g/mol. The Labute approximate surface area is 133 Å². The molecule has 0 aromatic heterocycles. The first-order chi connectivity index (χ1) is 10.4. The summed E-state index contributed by atoms with van der Waals surface area (Å²) in [5, 5.41) is 0. The molecular weight excluding hydrogens is 296 g/mol. The van der Waals surface area contributed by atoms with Crippen LogP contribution in [0.2, 0.25) is 0 Å². The highest BCUT2D eigenvalue weighted by molar-refractivity contribution is 7.86. The second-order valence-corrected chi connectivity index (χ2v) is 9.02. The Kier molecular flexibility index (Phi) is 3.31. The number of hydrogen-bond donors (Lipinski definition) is 0. The van der Waals surface area contributed by atoms with Crippen LogP contribution in [0.3, 0.4) is 0 Å². The first-order valence-electron chi connectivity index (χ1n) is 8.29. The lowest BCUT2D eigenvalue weighted by Crippen LogP contribution is -2.52. The normalized spacial score (nSPS) is 36.8. The Balaban J connectivity index is 1.59. The molecule has 5 rings (SSSR count). The molecule has 4 aliphatic carbocycles. The molecule has 0 radical (unpaired) electrons. The number of aryl methyl sites for hydroxylation is 1. The van der Waals surface area contributed by atoms with Crippen molar-refractivity contribution >= 4 is 10.1 Å². The molecular formula is C18H23O3S+. The van der Waals surface area contributed by atoms with E-state index in [-0.39, 0.29) is 11.0 Å². The van der Waals surface area contributed by atoms with E-state index in [4.69, 9.17) is 4.18 Å². The summed E-state index contributed by atoms with van der Waals surface area (Å²) >= 11 is 0. The number of benzene rings is 1. The van der Waals surface area contributed by atoms with Crippen LogP contribution in [0.5, 0.6) is 0 Å². The first kappa shape index (κ1) is 14.6. The lowest BCUT2D eigenvalue weighted by atomic mass is 9.51. The number of rotatable bonds is 3. The summed E-state index contributed by atoms with van der Waals surface area (Å²) < 4.78 is 31.0. The van der Waals surface area contributed by atoms with E-state index in [0.29, 0.717) is 11.8 Å². The Morgan fingerprint density at radius 2 is 1.77 bits per heavy atom. The van der Waals surface area contributed by atoms with E-state index < -0.39 is 10.1 Å². The summed E-state index contributed by atoms with van der Waals surface area (Å²) in [5.41, 5.74) is 1.05. The quantitative estimate of drug-likeness (QED) is 0.630. The second kappa shape index (κ2) is 5.00. The standard InChI is InChI=1S/C18H23O3S/c1-11-3-5-16(6-4-11)22(19,20)21-18-15-8-13-7-14(10-15)12(2)17(18)9-13/h3-6,12-15,18H,7-10H2,1-2H3/q+1/t12?,13-,14+,15-,18+/m0/s1. The molecule has 3 nitrogen and oxygen atoms in total. The Morgan fingerprint density at radius 3 is 2.50 bits per heavy atom. The summed E-state index contributed by atoms with van der Waals surface area (Å²) in [6.45, 7) is 4.21. The number of hydrogen-bond acceptors (Lipinski definition) is 3. The van der Waals surface area contributed by atoms with Crippen molar-refractivity contribution in [2.24, 2.45) is 23.7 Å². The maximum absolute atomic E-state index is 12.6. The lowest BCUT2D eigenvalue weighted by molar-refractivity contribution is -0.0335. The van der Waals surface area contributed by atoms with Crippen molar-refractivity contribution in [1.82, 2.24) is 0 Å². The lowest BCUT2D eigenvalue weighted by Gasteiger charge is -2.49. The van der Waals surface area contributed by atoms with E-state index in [1.807, 2.05) is 19.1 Å². The minimum Gasteiger partial charge on any atom is -0.218 e. The molecule has 5 atom stereocenters. The smallest absolute Gasteiger partial charge is 0.218 e. The molecule has 4 fully saturated rings. The van der Waals surface area contributed by atoms with Gasteiger partial charge in [-0.25, -0.2) is 4.18 Å². The van der Waals surface area contributed by atoms with Crippen molar-refractivity contribution < 1.29 is 12.6 Å². The first-order valence-corrected chi connectivity index (χ1v) is 9.70. The summed E-state index contributed by atoms with van der Waals surface area (Å²) in [5.74, 6) is 3.82. The molecule has 1 aromatic carbocycles. The van der Waals surface area contributed by atoms with Crippen LogP contribution in [0, 0.1) is 36.5 Å². The van der Waals surface area contributed by atoms with Crippen LogP contribution >= 0.6 is 0 Å². The van der Waals surface area contributed by atoms with Gasteiger partial charge in [0.1, 0.15) is 11.8 Å². The second-order valence-electron chi connectivity index (χ2n) is 7.45. The third-order valence-electron chi connectivity index (χ3n) is 6.03. The fourth-order valence-electron chi connectivity index (χ4n) is 4.89. The van der Waals surface area contributed by atoms with Crippen molar-refractivity contribution in [2.45, 2.75) is 50.5 Å². The van der Waals surface area contributed by atoms with Crippen molar-refractivity contribution in [3.05, 3.63) is 35.7 Å². The highest BCUT2D eigenvalue weighted by Crippen LogP contribution is 2.58. The molecule has 0 saturated heterocycles. The van der Waals surface area contributed by atoms with Gasteiger partial charge in [-0.1, -0.05) is 17.7 Å². The predicted octanol–water partition coefficient (Wildman–Crippen LogP) is 3.73. The molecule has 0 heterocycles. The molecule has 0 aliphatic heterocycles. The molecule has 4 heteroatoms. The molecule has 4 bridgehead atoms. The van der Waals surface area contributed by atoms with Gasteiger partial charge in [-0.2, -0.15) is 8.42 Å². The SMILES string of the molecule is Cc1ccc(S(=O)(=O)O[C@H]2[C+]3C[C@H]4C[C@H](C[C@@H]2C4)C3C)cc1. The fourth-order valence-corrected chi connectivity index (χ4v) is 6.03. The summed E-state index contributed by atoms with van der Waals surface area (Å²) in [6.07, 6.45) is 4.49. The zero-order valence-corrected chi connectivity index (χ0v) is 14.0. The van der Waals surface area contributed by atoms with Gasteiger partial charge in [0.25, 0.3) is 0 Å². The summed E-state index contributed by atoms with van der Waals surface area (Å²) in [6, 6.07) is 6.94. The van der Waals surface area contributed by atoms with E-state index >= 15 is 0 Å². The van der Waals surface area contributed by atoms with Gasteiger partial charge in [0, 0.05) is 17.8 Å². The van der Waals surface area contributed by atoms with Gasteiger partial charge >= 0.3 is 10.1 Å². The Bertz CT molecular complexity index is 664. The van der Waals surface area contributed by atoms with Crippen molar-refractivity contribution in [3.63, 3.8) is 0 Å². The highest BCUT2D eigenvalue weighted by Gasteiger charge is 2.61. The zero-order chi connectivity index (χ0) is 15.5. The van der Waals surface area contributed by atoms with Crippen molar-refractivity contribution in [1.29, 1.82) is 0 Å². The van der Waals surface area contributed by atoms with Crippen LogP contribution in [0.25, 0.3) is 0 Å². The predicted molar refractivity (Wildman–Crippen MR) is 84.6 cm³/mol. The minimum absolute atomic E-state index is 0.186. The van der Waals surface area contributed by atoms with E-state index in [2.05, 4.69) is 6.92 Å². The van der Waals surface area contributed by atoms with Gasteiger partial charge in [0.05, 0.1) is 11.3 Å². The van der Waals surface area contributed by atoms with E-state index in [0.717, 1.165) is 36.7 Å². The molecule has 22 heavy (non-hydrogen) atoms. The molecule has 1 unspecified atom stereocenters. The van der Waals surface area contributed by atoms with Crippen LogP contribution < -0.4 is 0 Å². The van der Waals surface area contributed by atoms with Crippen molar-refractivity contribution in [2.75, 3.05) is 0 Å². The third-order valence-corrected chi connectivity index (χ3v) is 7.34. The van der Waals surface area contributed by atoms with Crippen LogP contribution in [0.1, 0.15) is 38.2 Å². The largest absolute Gasteiger partial charge is 0.300 e. The van der Waals surface area contributed by atoms with Crippen LogP contribution in [-0.4, -0.2) is 14.5 Å². The van der Waals surface area contributed by atoms with Crippen LogP contribution in [-0.2, 0) is 14.3 Å². The maximum atomic E-state index is 12.6. The topological polar surface area (TPSA) is 43.4 Å². The summed E-state index contributed by atoms with van der Waals surface area (Å²) in [4.78, 5) is 0.278. The molecule has 0 amide bonds. The maximum Gasteiger partial charge on any atom is 0.300 e. The van der Waals surface area contributed by atoms with Gasteiger partial charge < -0.3 is 0 Å². The fraction of sp³-hybridized carbons (Fsp3) is 0.611. The van der Waals surface area contributed by atoms with Gasteiger partial charge in [-0.05, 0) is 45.2 Å². The average molecular weight is 319 g/mol. The van der Waals surface area contributed by atoms with Crippen molar-refractivity contribution in [3.8, 4) is 0 Å². The van der Waals surface area contributed by atoms with Gasteiger partial charge in [0.15, 0.2) is 0 Å².